The van der Waals surface area contributed by atoms with Gasteiger partial charge in [0.05, 0.1) is 22.4 Å². The van der Waals surface area contributed by atoms with Gasteiger partial charge in [0.25, 0.3) is 5.91 Å². The Morgan fingerprint density at radius 2 is 1.87 bits per heavy atom. The molecule has 0 saturated heterocycles. The smallest absolute Gasteiger partial charge is 0.334 e. The minimum Gasteiger partial charge on any atom is -0.334 e. The van der Waals surface area contributed by atoms with E-state index in [1.165, 1.54) is 11.0 Å². The number of halogens is 4. The first-order chi connectivity index (χ1) is 13.8. The van der Waals surface area contributed by atoms with Crippen molar-refractivity contribution in [2.75, 3.05) is 7.05 Å². The number of rotatable bonds is 4. The highest BCUT2D eigenvalue weighted by molar-refractivity contribution is 9.10. The van der Waals surface area contributed by atoms with Gasteiger partial charge in [-0.2, -0.15) is 23.4 Å². The summed E-state index contributed by atoms with van der Waals surface area (Å²) in [4.78, 5) is 18.5. The lowest BCUT2D eigenvalue weighted by atomic mass is 9.91. The van der Waals surface area contributed by atoms with Crippen LogP contribution < -0.4 is 0 Å². The predicted molar refractivity (Wildman–Crippen MR) is 108 cm³/mol. The van der Waals surface area contributed by atoms with Gasteiger partial charge in [-0.1, -0.05) is 20.8 Å². The number of aryl methyl sites for hydroxylation is 1. The van der Waals surface area contributed by atoms with E-state index in [2.05, 4.69) is 31.1 Å². The zero-order valence-electron chi connectivity index (χ0n) is 17.2. The Bertz CT molecular complexity index is 1100. The Morgan fingerprint density at radius 3 is 2.40 bits per heavy atom. The quantitative estimate of drug-likeness (QED) is 0.551. The van der Waals surface area contributed by atoms with Crippen molar-refractivity contribution >= 4 is 27.5 Å². The topological polar surface area (TPSA) is 68.3 Å². The maximum Gasteiger partial charge on any atom is 0.433 e. The Labute approximate surface area is 180 Å². The number of aromatic nitrogens is 5. The second-order valence-corrected chi connectivity index (χ2v) is 8.87. The van der Waals surface area contributed by atoms with E-state index in [1.54, 1.807) is 38.7 Å². The first-order valence-electron chi connectivity index (χ1n) is 9.27. The fourth-order valence-electron chi connectivity index (χ4n) is 2.86. The summed E-state index contributed by atoms with van der Waals surface area (Å²) in [5, 5.41) is 8.28. The minimum absolute atomic E-state index is 0.0251. The molecule has 0 fully saturated rings. The van der Waals surface area contributed by atoms with Gasteiger partial charge in [0.15, 0.2) is 11.3 Å². The van der Waals surface area contributed by atoms with E-state index in [1.807, 2.05) is 6.92 Å². The van der Waals surface area contributed by atoms with Gasteiger partial charge in [-0.15, -0.1) is 0 Å². The molecule has 0 bridgehead atoms. The van der Waals surface area contributed by atoms with Crippen molar-refractivity contribution in [1.29, 1.82) is 0 Å². The van der Waals surface area contributed by atoms with Crippen LogP contribution in [0.2, 0.25) is 0 Å². The summed E-state index contributed by atoms with van der Waals surface area (Å²) < 4.78 is 44.0. The van der Waals surface area contributed by atoms with Crippen LogP contribution in [0.15, 0.2) is 22.8 Å². The SMILES string of the molecule is CCn1cc(Br)c(CN(C)C(=O)c2cc3nc(C(C)(C)C)cc(C(F)(F)F)n3n2)n1. The lowest BCUT2D eigenvalue weighted by molar-refractivity contribution is -0.142. The van der Waals surface area contributed by atoms with E-state index in [-0.39, 0.29) is 23.6 Å². The van der Waals surface area contributed by atoms with E-state index in [0.717, 1.165) is 10.5 Å². The van der Waals surface area contributed by atoms with Gasteiger partial charge in [0, 0.05) is 31.3 Å². The Morgan fingerprint density at radius 1 is 1.20 bits per heavy atom. The van der Waals surface area contributed by atoms with E-state index in [4.69, 9.17) is 0 Å². The molecular formula is C19H22BrF3N6O. The van der Waals surface area contributed by atoms with Crippen LogP contribution in [0.4, 0.5) is 13.2 Å². The first kappa shape index (κ1) is 22.3. The fourth-order valence-corrected chi connectivity index (χ4v) is 3.30. The third-order valence-corrected chi connectivity index (χ3v) is 5.21. The summed E-state index contributed by atoms with van der Waals surface area (Å²) in [6, 6.07) is 2.26. The zero-order valence-corrected chi connectivity index (χ0v) is 18.8. The first-order valence-corrected chi connectivity index (χ1v) is 10.1. The fraction of sp³-hybridized carbons (Fsp3) is 0.474. The van der Waals surface area contributed by atoms with Gasteiger partial charge in [0.1, 0.15) is 5.69 Å². The third kappa shape index (κ3) is 4.35. The van der Waals surface area contributed by atoms with Crippen molar-refractivity contribution in [2.24, 2.45) is 0 Å². The number of hydrogen-bond acceptors (Lipinski definition) is 4. The molecule has 3 aromatic heterocycles. The molecule has 0 unspecified atom stereocenters. The van der Waals surface area contributed by atoms with Gasteiger partial charge >= 0.3 is 6.18 Å². The highest BCUT2D eigenvalue weighted by Gasteiger charge is 2.36. The van der Waals surface area contributed by atoms with E-state index in [0.29, 0.717) is 16.8 Å². The zero-order chi connectivity index (χ0) is 22.4. The van der Waals surface area contributed by atoms with Crippen molar-refractivity contribution in [3.8, 4) is 0 Å². The van der Waals surface area contributed by atoms with Crippen molar-refractivity contribution < 1.29 is 18.0 Å². The number of alkyl halides is 3. The number of carbonyl (C=O) groups excluding carboxylic acids is 1. The maximum atomic E-state index is 13.6. The van der Waals surface area contributed by atoms with E-state index >= 15 is 0 Å². The molecule has 0 spiro atoms. The molecule has 162 valence electrons. The van der Waals surface area contributed by atoms with Crippen LogP contribution in [-0.4, -0.2) is 42.2 Å². The molecular weight excluding hydrogens is 465 g/mol. The molecule has 0 atom stereocenters. The average Bonchev–Trinajstić information content (AvgIpc) is 3.21. The van der Waals surface area contributed by atoms with E-state index in [9.17, 15) is 18.0 Å². The lowest BCUT2D eigenvalue weighted by Gasteiger charge is -2.19. The lowest BCUT2D eigenvalue weighted by Crippen LogP contribution is -2.27. The normalized spacial score (nSPS) is 12.6. The molecule has 0 aliphatic heterocycles. The Hall–Kier alpha value is -2.43. The molecule has 0 radical (unpaired) electrons. The summed E-state index contributed by atoms with van der Waals surface area (Å²) in [5.74, 6) is -0.524. The van der Waals surface area contributed by atoms with Crippen LogP contribution in [-0.2, 0) is 24.7 Å². The predicted octanol–water partition coefficient (Wildman–Crippen LogP) is 4.30. The molecule has 3 heterocycles. The standard InChI is InChI=1S/C19H22BrF3N6O/c1-6-28-9-11(20)13(25-28)10-27(5)17(30)12-7-16-24-14(18(2,3)4)8-15(19(21,22)23)29(16)26-12/h7-9H,6,10H2,1-5H3. The summed E-state index contributed by atoms with van der Waals surface area (Å²) in [6.45, 7) is 8.10. The second-order valence-electron chi connectivity index (χ2n) is 8.01. The molecule has 11 heteroatoms. The van der Waals surface area contributed by atoms with Crippen molar-refractivity contribution in [3.63, 3.8) is 0 Å². The molecule has 0 aliphatic rings. The van der Waals surface area contributed by atoms with Gasteiger partial charge < -0.3 is 4.90 Å². The molecule has 7 nitrogen and oxygen atoms in total. The molecule has 0 saturated carbocycles. The number of hydrogen-bond donors (Lipinski definition) is 0. The van der Waals surface area contributed by atoms with Crippen LogP contribution in [0.25, 0.3) is 5.65 Å². The summed E-state index contributed by atoms with van der Waals surface area (Å²) in [6.07, 6.45) is -2.84. The second kappa shape index (κ2) is 7.68. The number of fused-ring (bicyclic) bond motifs is 1. The molecule has 1 amide bonds. The highest BCUT2D eigenvalue weighted by atomic mass is 79.9. The largest absolute Gasteiger partial charge is 0.433 e. The molecule has 30 heavy (non-hydrogen) atoms. The monoisotopic (exact) mass is 486 g/mol. The van der Waals surface area contributed by atoms with Gasteiger partial charge in [-0.3, -0.25) is 9.48 Å². The average molecular weight is 487 g/mol. The van der Waals surface area contributed by atoms with Gasteiger partial charge in [-0.05, 0) is 28.9 Å². The summed E-state index contributed by atoms with van der Waals surface area (Å²) in [7, 11) is 1.54. The number of carbonyl (C=O) groups is 1. The van der Waals surface area contributed by atoms with Crippen molar-refractivity contribution in [1.82, 2.24) is 29.3 Å². The Balaban J connectivity index is 1.99. The molecule has 3 rings (SSSR count). The maximum absolute atomic E-state index is 13.6. The minimum atomic E-state index is -4.64. The van der Waals surface area contributed by atoms with Crippen LogP contribution in [0.5, 0.6) is 0 Å². The number of amides is 1. The summed E-state index contributed by atoms with van der Waals surface area (Å²) >= 11 is 3.40. The summed E-state index contributed by atoms with van der Waals surface area (Å²) in [5.41, 5.74) is -0.805. The van der Waals surface area contributed by atoms with Crippen LogP contribution in [0.3, 0.4) is 0 Å². The number of nitrogens with zero attached hydrogens (tertiary/aromatic N) is 6. The van der Waals surface area contributed by atoms with Gasteiger partial charge in [-0.25, -0.2) is 9.50 Å². The van der Waals surface area contributed by atoms with Crippen LogP contribution >= 0.6 is 15.9 Å². The van der Waals surface area contributed by atoms with E-state index < -0.39 is 23.2 Å². The highest BCUT2D eigenvalue weighted by Crippen LogP contribution is 2.32. The van der Waals surface area contributed by atoms with Crippen LogP contribution in [0, 0.1) is 0 Å². The van der Waals surface area contributed by atoms with Crippen LogP contribution in [0.1, 0.15) is 55.3 Å². The molecule has 0 aliphatic carbocycles. The molecule has 3 aromatic rings. The van der Waals surface area contributed by atoms with Crippen molar-refractivity contribution in [3.05, 3.63) is 45.6 Å². The molecule has 0 N–H and O–H groups in total. The van der Waals surface area contributed by atoms with Crippen molar-refractivity contribution in [2.45, 2.75) is 52.4 Å². The Kier molecular flexibility index (Phi) is 5.70. The molecule has 0 aromatic carbocycles. The van der Waals surface area contributed by atoms with Gasteiger partial charge in [0.2, 0.25) is 0 Å². The third-order valence-electron chi connectivity index (χ3n) is 4.55.